The second kappa shape index (κ2) is 10.1. The maximum Gasteiger partial charge on any atom is 0.264 e. The number of thiocarbonyl (C=S) groups is 1. The molecule has 0 aliphatic heterocycles. The molecule has 0 aromatic heterocycles. The molecule has 0 radical (unpaired) electrons. The fraction of sp³-hybridized carbons (Fsp3) is 0.0909. The van der Waals surface area contributed by atoms with Crippen molar-refractivity contribution >= 4 is 44.6 Å². The van der Waals surface area contributed by atoms with Gasteiger partial charge in [0.1, 0.15) is 0 Å². The molecule has 1 amide bonds. The van der Waals surface area contributed by atoms with Crippen molar-refractivity contribution in [2.45, 2.75) is 4.90 Å². The van der Waals surface area contributed by atoms with E-state index in [9.17, 15) is 13.2 Å². The van der Waals surface area contributed by atoms with Crippen molar-refractivity contribution in [1.82, 2.24) is 4.72 Å². The Kier molecular flexibility index (Phi) is 7.29. The Morgan fingerprint density at radius 1 is 0.812 bits per heavy atom. The fourth-order valence-corrected chi connectivity index (χ4v) is 3.96. The minimum atomic E-state index is -4.02. The van der Waals surface area contributed by atoms with Crippen LogP contribution < -0.4 is 24.8 Å². The minimum Gasteiger partial charge on any atom is -0.493 e. The number of ether oxygens (including phenoxy) is 2. The number of anilines is 2. The summed E-state index contributed by atoms with van der Waals surface area (Å²) in [6.45, 7) is 0. The number of sulfonamides is 1. The standard InChI is InChI=1S/C22H21N3O5S2/c1-29-19-13-10-17(14-20(19)30-2)24-22(31)23-16-8-11-18(12-9-16)32(27,28)25-21(26)15-6-4-3-5-7-15/h3-14H,1-2H3,(H,25,26)(H2,23,24,31). The average Bonchev–Trinajstić information content (AvgIpc) is 2.79. The molecule has 166 valence electrons. The molecule has 0 saturated carbocycles. The zero-order valence-electron chi connectivity index (χ0n) is 17.3. The van der Waals surface area contributed by atoms with Gasteiger partial charge < -0.3 is 20.1 Å². The van der Waals surface area contributed by atoms with Crippen LogP contribution >= 0.6 is 12.2 Å². The molecule has 10 heteroatoms. The fourth-order valence-electron chi connectivity index (χ4n) is 2.75. The van der Waals surface area contributed by atoms with Crippen LogP contribution in [0.5, 0.6) is 11.5 Å². The second-order valence-electron chi connectivity index (χ2n) is 6.47. The molecule has 0 saturated heterocycles. The summed E-state index contributed by atoms with van der Waals surface area (Å²) in [4.78, 5) is 12.1. The van der Waals surface area contributed by atoms with Gasteiger partial charge in [-0.3, -0.25) is 4.79 Å². The summed E-state index contributed by atoms with van der Waals surface area (Å²) in [6.07, 6.45) is 0. The van der Waals surface area contributed by atoms with E-state index in [1.165, 1.54) is 31.4 Å². The maximum absolute atomic E-state index is 12.5. The van der Waals surface area contributed by atoms with Crippen molar-refractivity contribution in [2.75, 3.05) is 24.9 Å². The predicted octanol–water partition coefficient (Wildman–Crippen LogP) is 3.63. The van der Waals surface area contributed by atoms with Gasteiger partial charge >= 0.3 is 0 Å². The molecular formula is C22H21N3O5S2. The number of hydrogen-bond acceptors (Lipinski definition) is 6. The van der Waals surface area contributed by atoms with Gasteiger partial charge in [-0.2, -0.15) is 0 Å². The van der Waals surface area contributed by atoms with E-state index in [-0.39, 0.29) is 10.5 Å². The molecular weight excluding hydrogens is 450 g/mol. The number of amides is 1. The van der Waals surface area contributed by atoms with Crippen molar-refractivity contribution in [1.29, 1.82) is 0 Å². The lowest BCUT2D eigenvalue weighted by molar-refractivity contribution is 0.0981. The molecule has 0 fully saturated rings. The third-order valence-corrected chi connectivity index (χ3v) is 5.88. The first-order chi connectivity index (χ1) is 15.3. The number of rotatable bonds is 7. The summed E-state index contributed by atoms with van der Waals surface area (Å²) in [5, 5.41) is 6.28. The Labute approximate surface area is 191 Å². The van der Waals surface area contributed by atoms with E-state index in [0.717, 1.165) is 0 Å². The summed E-state index contributed by atoms with van der Waals surface area (Å²) in [7, 11) is -0.930. The molecule has 0 aliphatic rings. The first-order valence-corrected chi connectivity index (χ1v) is 11.2. The molecule has 8 nitrogen and oxygen atoms in total. The van der Waals surface area contributed by atoms with E-state index in [0.29, 0.717) is 28.0 Å². The van der Waals surface area contributed by atoms with Gasteiger partial charge in [0.2, 0.25) is 0 Å². The maximum atomic E-state index is 12.5. The quantitative estimate of drug-likeness (QED) is 0.449. The third-order valence-electron chi connectivity index (χ3n) is 4.33. The van der Waals surface area contributed by atoms with Crippen molar-refractivity contribution in [3.63, 3.8) is 0 Å². The second-order valence-corrected chi connectivity index (χ2v) is 8.56. The summed E-state index contributed by atoms with van der Waals surface area (Å²) in [5.74, 6) is 0.439. The van der Waals surface area contributed by atoms with Crippen LogP contribution in [-0.4, -0.2) is 33.7 Å². The van der Waals surface area contributed by atoms with Crippen molar-refractivity contribution in [2.24, 2.45) is 0 Å². The highest BCUT2D eigenvalue weighted by molar-refractivity contribution is 7.90. The van der Waals surface area contributed by atoms with Gasteiger partial charge in [-0.05, 0) is 60.7 Å². The normalized spacial score (nSPS) is 10.7. The molecule has 3 rings (SSSR count). The van der Waals surface area contributed by atoms with E-state index in [4.69, 9.17) is 21.7 Å². The smallest absolute Gasteiger partial charge is 0.264 e. The Hall–Kier alpha value is -3.63. The zero-order valence-corrected chi connectivity index (χ0v) is 18.9. The topological polar surface area (TPSA) is 106 Å². The molecule has 3 N–H and O–H groups in total. The van der Waals surface area contributed by atoms with Crippen LogP contribution in [0, 0.1) is 0 Å². The molecule has 0 atom stereocenters. The Morgan fingerprint density at radius 3 is 2.03 bits per heavy atom. The first-order valence-electron chi connectivity index (χ1n) is 9.34. The predicted molar refractivity (Wildman–Crippen MR) is 127 cm³/mol. The molecule has 32 heavy (non-hydrogen) atoms. The SMILES string of the molecule is COc1ccc(NC(=S)Nc2ccc(S(=O)(=O)NC(=O)c3ccccc3)cc2)cc1OC. The summed E-state index contributed by atoms with van der Waals surface area (Å²) in [5.41, 5.74) is 1.50. The van der Waals surface area contributed by atoms with Crippen LogP contribution in [0.25, 0.3) is 0 Å². The summed E-state index contributed by atoms with van der Waals surface area (Å²) < 4.78 is 37.5. The first kappa shape index (κ1) is 23.0. The summed E-state index contributed by atoms with van der Waals surface area (Å²) in [6, 6.07) is 19.2. The lowest BCUT2D eigenvalue weighted by atomic mass is 10.2. The molecule has 0 heterocycles. The lowest BCUT2D eigenvalue weighted by Crippen LogP contribution is -2.30. The summed E-state index contributed by atoms with van der Waals surface area (Å²) >= 11 is 5.31. The van der Waals surface area contributed by atoms with Crippen LogP contribution in [0.1, 0.15) is 10.4 Å². The van der Waals surface area contributed by atoms with Gasteiger partial charge in [0.15, 0.2) is 16.6 Å². The molecule has 0 bridgehead atoms. The number of methoxy groups -OCH3 is 2. The Bertz CT molecular complexity index is 1210. The van der Waals surface area contributed by atoms with Gasteiger partial charge in [0.05, 0.1) is 19.1 Å². The van der Waals surface area contributed by atoms with Crippen LogP contribution in [-0.2, 0) is 10.0 Å². The van der Waals surface area contributed by atoms with E-state index < -0.39 is 15.9 Å². The average molecular weight is 472 g/mol. The number of carbonyl (C=O) groups is 1. The molecule has 0 spiro atoms. The molecule has 3 aromatic carbocycles. The van der Waals surface area contributed by atoms with Crippen LogP contribution in [0.15, 0.2) is 77.7 Å². The van der Waals surface area contributed by atoms with Crippen molar-refractivity contribution < 1.29 is 22.7 Å². The van der Waals surface area contributed by atoms with Crippen LogP contribution in [0.4, 0.5) is 11.4 Å². The van der Waals surface area contributed by atoms with E-state index in [1.807, 2.05) is 0 Å². The highest BCUT2D eigenvalue weighted by atomic mass is 32.2. The monoisotopic (exact) mass is 471 g/mol. The molecule has 3 aromatic rings. The minimum absolute atomic E-state index is 0.0499. The van der Waals surface area contributed by atoms with Gasteiger partial charge in [-0.25, -0.2) is 13.1 Å². The molecule has 0 unspecified atom stereocenters. The van der Waals surface area contributed by atoms with Gasteiger partial charge in [0, 0.05) is 23.0 Å². The van der Waals surface area contributed by atoms with E-state index in [2.05, 4.69) is 15.4 Å². The third kappa shape index (κ3) is 5.74. The van der Waals surface area contributed by atoms with Crippen LogP contribution in [0.2, 0.25) is 0 Å². The number of benzene rings is 3. The number of carbonyl (C=O) groups excluding carboxylic acids is 1. The molecule has 0 aliphatic carbocycles. The van der Waals surface area contributed by atoms with Gasteiger partial charge in [0.25, 0.3) is 15.9 Å². The van der Waals surface area contributed by atoms with Gasteiger partial charge in [-0.15, -0.1) is 0 Å². The van der Waals surface area contributed by atoms with E-state index in [1.54, 1.807) is 55.6 Å². The highest BCUT2D eigenvalue weighted by Gasteiger charge is 2.18. The van der Waals surface area contributed by atoms with Crippen LogP contribution in [0.3, 0.4) is 0 Å². The Balaban J connectivity index is 1.64. The van der Waals surface area contributed by atoms with Gasteiger partial charge in [-0.1, -0.05) is 18.2 Å². The largest absolute Gasteiger partial charge is 0.493 e. The van der Waals surface area contributed by atoms with Crippen molar-refractivity contribution in [3.05, 3.63) is 78.4 Å². The Morgan fingerprint density at radius 2 is 1.41 bits per heavy atom. The van der Waals surface area contributed by atoms with E-state index >= 15 is 0 Å². The highest BCUT2D eigenvalue weighted by Crippen LogP contribution is 2.29. The zero-order chi connectivity index (χ0) is 23.1. The number of hydrogen-bond donors (Lipinski definition) is 3. The lowest BCUT2D eigenvalue weighted by Gasteiger charge is -2.13. The number of nitrogens with one attached hydrogen (secondary N) is 3. The van der Waals surface area contributed by atoms with Crippen molar-refractivity contribution in [3.8, 4) is 11.5 Å².